The van der Waals surface area contributed by atoms with E-state index >= 15 is 0 Å². The molecule has 0 saturated carbocycles. The van der Waals surface area contributed by atoms with E-state index in [4.69, 9.17) is 16.3 Å². The molecule has 0 aliphatic carbocycles. The second-order valence-electron chi connectivity index (χ2n) is 9.68. The minimum absolute atomic E-state index is 0.0837. The topological polar surface area (TPSA) is 91.2 Å². The lowest BCUT2D eigenvalue weighted by atomic mass is 10.0. The van der Waals surface area contributed by atoms with Crippen molar-refractivity contribution >= 4 is 34.6 Å². The summed E-state index contributed by atoms with van der Waals surface area (Å²) in [4.78, 5) is 29.3. The molecule has 0 aromatic heterocycles. The van der Waals surface area contributed by atoms with E-state index in [9.17, 15) is 28.1 Å². The van der Waals surface area contributed by atoms with E-state index in [1.54, 1.807) is 18.2 Å². The highest BCUT2D eigenvalue weighted by molar-refractivity contribution is 6.31. The van der Waals surface area contributed by atoms with Gasteiger partial charge >= 0.3 is 11.9 Å². The standard InChI is InChI=1S/C26H31ClF3N5O4/c1-39-24-16-19(2-5-23(24)35(37)38)31-18-6-10-34(11-7-18)25(36)8-9-32-12-14-33(15-13-32)20-3-4-22(27)21(17-20)26(28,29)30/h2-5,16-18,31H,6-15H2,1H3. The summed E-state index contributed by atoms with van der Waals surface area (Å²) < 4.78 is 44.7. The highest BCUT2D eigenvalue weighted by Crippen LogP contribution is 2.37. The molecule has 1 amide bonds. The number of nitrogens with one attached hydrogen (secondary N) is 1. The van der Waals surface area contributed by atoms with Gasteiger partial charge in [-0.25, -0.2) is 0 Å². The van der Waals surface area contributed by atoms with Crippen LogP contribution in [0.4, 0.5) is 30.2 Å². The number of halogens is 4. The van der Waals surface area contributed by atoms with Crippen molar-refractivity contribution in [1.82, 2.24) is 9.80 Å². The van der Waals surface area contributed by atoms with Gasteiger partial charge in [-0.05, 0) is 37.1 Å². The number of piperidine rings is 1. The van der Waals surface area contributed by atoms with Gasteiger partial charge in [0.25, 0.3) is 0 Å². The molecule has 2 aromatic rings. The minimum Gasteiger partial charge on any atom is -0.490 e. The maximum atomic E-state index is 13.2. The Morgan fingerprint density at radius 3 is 2.41 bits per heavy atom. The molecule has 39 heavy (non-hydrogen) atoms. The van der Waals surface area contributed by atoms with Crippen LogP contribution in [-0.2, 0) is 11.0 Å². The predicted octanol–water partition coefficient (Wildman–Crippen LogP) is 4.89. The lowest BCUT2D eigenvalue weighted by Gasteiger charge is -2.37. The third-order valence-corrected chi connectivity index (χ3v) is 7.56. The summed E-state index contributed by atoms with van der Waals surface area (Å²) >= 11 is 5.74. The van der Waals surface area contributed by atoms with Gasteiger partial charge in [-0.1, -0.05) is 11.6 Å². The normalized spacial score (nSPS) is 17.3. The molecular formula is C26H31ClF3N5O4. The van der Waals surface area contributed by atoms with Crippen molar-refractivity contribution in [3.8, 4) is 5.75 Å². The van der Waals surface area contributed by atoms with Crippen LogP contribution in [0.2, 0.25) is 5.02 Å². The quantitative estimate of drug-likeness (QED) is 0.357. The van der Waals surface area contributed by atoms with Crippen molar-refractivity contribution in [3.05, 3.63) is 57.1 Å². The van der Waals surface area contributed by atoms with Crippen molar-refractivity contribution < 1.29 is 27.6 Å². The zero-order valence-corrected chi connectivity index (χ0v) is 22.3. The van der Waals surface area contributed by atoms with Crippen LogP contribution in [0.5, 0.6) is 5.75 Å². The van der Waals surface area contributed by atoms with Crippen LogP contribution in [0.3, 0.4) is 0 Å². The molecule has 2 aliphatic heterocycles. The van der Waals surface area contributed by atoms with Crippen LogP contribution in [0, 0.1) is 10.1 Å². The van der Waals surface area contributed by atoms with Crippen molar-refractivity contribution in [2.24, 2.45) is 0 Å². The number of carbonyl (C=O) groups is 1. The van der Waals surface area contributed by atoms with Gasteiger partial charge < -0.3 is 19.9 Å². The lowest BCUT2D eigenvalue weighted by Crippen LogP contribution is -2.48. The van der Waals surface area contributed by atoms with E-state index in [2.05, 4.69) is 10.2 Å². The number of hydrogen-bond acceptors (Lipinski definition) is 7. The van der Waals surface area contributed by atoms with Gasteiger partial charge in [0, 0.05) is 81.8 Å². The Morgan fingerprint density at radius 2 is 1.79 bits per heavy atom. The predicted molar refractivity (Wildman–Crippen MR) is 143 cm³/mol. The molecule has 0 unspecified atom stereocenters. The van der Waals surface area contributed by atoms with Gasteiger partial charge in [0.2, 0.25) is 5.91 Å². The fourth-order valence-electron chi connectivity index (χ4n) is 5.00. The van der Waals surface area contributed by atoms with E-state index in [0.29, 0.717) is 57.9 Å². The zero-order chi connectivity index (χ0) is 28.2. The maximum absolute atomic E-state index is 13.2. The molecule has 2 aliphatic rings. The number of hydrogen-bond donors (Lipinski definition) is 1. The van der Waals surface area contributed by atoms with Gasteiger partial charge in [0.05, 0.1) is 22.6 Å². The van der Waals surface area contributed by atoms with E-state index in [1.165, 1.54) is 19.2 Å². The Bertz CT molecular complexity index is 1180. The molecule has 9 nitrogen and oxygen atoms in total. The number of ether oxygens (including phenoxy) is 1. The first-order valence-electron chi connectivity index (χ1n) is 12.8. The minimum atomic E-state index is -4.50. The smallest absolute Gasteiger partial charge is 0.417 e. The Hall–Kier alpha value is -3.25. The highest BCUT2D eigenvalue weighted by atomic mass is 35.5. The molecule has 212 valence electrons. The monoisotopic (exact) mass is 569 g/mol. The number of amides is 1. The van der Waals surface area contributed by atoms with Crippen LogP contribution in [0.25, 0.3) is 0 Å². The Kier molecular flexibility index (Phi) is 9.06. The maximum Gasteiger partial charge on any atom is 0.417 e. The summed E-state index contributed by atoms with van der Waals surface area (Å²) in [7, 11) is 1.39. The fraction of sp³-hybridized carbons (Fsp3) is 0.500. The Morgan fingerprint density at radius 1 is 1.10 bits per heavy atom. The number of piperazine rings is 1. The summed E-state index contributed by atoms with van der Waals surface area (Å²) in [5, 5.41) is 14.1. The summed E-state index contributed by atoms with van der Waals surface area (Å²) in [5.74, 6) is 0.276. The number of nitrogens with zero attached hydrogens (tertiary/aromatic N) is 4. The average Bonchev–Trinajstić information content (AvgIpc) is 2.92. The van der Waals surface area contributed by atoms with E-state index in [-0.39, 0.29) is 28.4 Å². The molecule has 13 heteroatoms. The van der Waals surface area contributed by atoms with Gasteiger partial charge in [0.1, 0.15) is 0 Å². The van der Waals surface area contributed by atoms with Crippen LogP contribution in [0.1, 0.15) is 24.8 Å². The zero-order valence-electron chi connectivity index (χ0n) is 21.5. The number of anilines is 2. The van der Waals surface area contributed by atoms with Crippen molar-refractivity contribution in [2.75, 3.05) is 63.1 Å². The summed E-state index contributed by atoms with van der Waals surface area (Å²) in [6.07, 6.45) is -2.61. The van der Waals surface area contributed by atoms with Crippen molar-refractivity contribution in [3.63, 3.8) is 0 Å². The second kappa shape index (κ2) is 12.3. The van der Waals surface area contributed by atoms with Gasteiger partial charge in [-0.2, -0.15) is 13.2 Å². The third-order valence-electron chi connectivity index (χ3n) is 7.23. The molecule has 2 heterocycles. The van der Waals surface area contributed by atoms with Gasteiger partial charge in [-0.3, -0.25) is 19.8 Å². The number of methoxy groups -OCH3 is 1. The first-order chi connectivity index (χ1) is 18.5. The molecule has 1 N–H and O–H groups in total. The molecule has 4 rings (SSSR count). The summed E-state index contributed by atoms with van der Waals surface area (Å²) in [6.45, 7) is 4.28. The van der Waals surface area contributed by atoms with Crippen LogP contribution in [0.15, 0.2) is 36.4 Å². The van der Waals surface area contributed by atoms with E-state index in [1.807, 2.05) is 9.80 Å². The van der Waals surface area contributed by atoms with E-state index < -0.39 is 16.7 Å². The molecule has 2 aromatic carbocycles. The van der Waals surface area contributed by atoms with Gasteiger partial charge in [-0.15, -0.1) is 0 Å². The molecule has 0 atom stereocenters. The first-order valence-corrected chi connectivity index (χ1v) is 13.1. The molecule has 0 radical (unpaired) electrons. The van der Waals surface area contributed by atoms with E-state index in [0.717, 1.165) is 24.6 Å². The number of nitro groups is 1. The van der Waals surface area contributed by atoms with Crippen LogP contribution >= 0.6 is 11.6 Å². The molecule has 0 bridgehead atoms. The van der Waals surface area contributed by atoms with Crippen LogP contribution in [-0.4, -0.2) is 79.6 Å². The SMILES string of the molecule is COc1cc(NC2CCN(C(=O)CCN3CCN(c4ccc(Cl)c(C(F)(F)F)c4)CC3)CC2)ccc1[N+](=O)[O-]. The van der Waals surface area contributed by atoms with Crippen molar-refractivity contribution in [2.45, 2.75) is 31.5 Å². The largest absolute Gasteiger partial charge is 0.490 e. The Labute approximate surface area is 229 Å². The highest BCUT2D eigenvalue weighted by Gasteiger charge is 2.34. The average molecular weight is 570 g/mol. The van der Waals surface area contributed by atoms with Gasteiger partial charge in [0.15, 0.2) is 5.75 Å². The number of likely N-dealkylation sites (tertiary alicyclic amines) is 1. The Balaban J connectivity index is 1.19. The van der Waals surface area contributed by atoms with Crippen LogP contribution < -0.4 is 15.0 Å². The third kappa shape index (κ3) is 7.24. The summed E-state index contributed by atoms with van der Waals surface area (Å²) in [6, 6.07) is 8.79. The molecule has 2 saturated heterocycles. The lowest BCUT2D eigenvalue weighted by molar-refractivity contribution is -0.385. The molecule has 2 fully saturated rings. The fourth-order valence-corrected chi connectivity index (χ4v) is 5.22. The molecular weight excluding hydrogens is 539 g/mol. The van der Waals surface area contributed by atoms with Crippen molar-refractivity contribution in [1.29, 1.82) is 0 Å². The number of benzene rings is 2. The number of nitro benzene ring substituents is 1. The molecule has 0 spiro atoms. The second-order valence-corrected chi connectivity index (χ2v) is 10.1. The number of carbonyl (C=O) groups excluding carboxylic acids is 1. The number of rotatable bonds is 8. The first kappa shape index (κ1) is 28.8. The number of alkyl halides is 3. The summed E-state index contributed by atoms with van der Waals surface area (Å²) in [5.41, 5.74) is 0.298.